The van der Waals surface area contributed by atoms with Crippen LogP contribution in [0.2, 0.25) is 0 Å². The van der Waals surface area contributed by atoms with Crippen LogP contribution in [0, 0.1) is 0 Å². The van der Waals surface area contributed by atoms with Gasteiger partial charge in [-0.2, -0.15) is 5.17 Å². The molecule has 4 N–H and O–H groups in total. The first-order chi connectivity index (χ1) is 12.4. The van der Waals surface area contributed by atoms with Crippen LogP contribution in [0.5, 0.6) is 0 Å². The predicted octanol–water partition coefficient (Wildman–Crippen LogP) is 1.05. The lowest BCUT2D eigenvalue weighted by Crippen LogP contribution is -2.48. The zero-order chi connectivity index (χ0) is 18.6. The van der Waals surface area contributed by atoms with Crippen LogP contribution < -0.4 is 21.7 Å². The summed E-state index contributed by atoms with van der Waals surface area (Å²) in [5.41, 5.74) is 1.44. The number of aliphatic hydroxyl groups excluding tert-OH is 1. The van der Waals surface area contributed by atoms with Gasteiger partial charge < -0.3 is 5.11 Å². The Labute approximate surface area is 146 Å². The molecular formula is C16H17N5O5. The molecule has 4 rings (SSSR count). The summed E-state index contributed by atoms with van der Waals surface area (Å²) in [5, 5.41) is 31.2. The van der Waals surface area contributed by atoms with Gasteiger partial charge >= 0.3 is 5.69 Å². The van der Waals surface area contributed by atoms with E-state index in [9.17, 15) is 19.9 Å². The second-order valence-electron chi connectivity index (χ2n) is 6.24. The van der Waals surface area contributed by atoms with Gasteiger partial charge in [0, 0.05) is 13.1 Å². The standard InChI is InChI=1S/C16H17N5O5/c1-18-14-13(12(22)8-19(18)26)15(23)21(10-5-6-10)16(24)20(14)11-4-2-3-9(7-11)17-25/h2-4,7-8,10,17,22,25-26H,5-6H2,1H3. The van der Waals surface area contributed by atoms with Gasteiger partial charge in [0.25, 0.3) is 5.56 Å². The van der Waals surface area contributed by atoms with Gasteiger partial charge in [0.1, 0.15) is 5.56 Å². The molecule has 10 nitrogen and oxygen atoms in total. The van der Waals surface area contributed by atoms with Crippen LogP contribution in [-0.2, 0) is 0 Å². The Morgan fingerprint density at radius 1 is 1.23 bits per heavy atom. The van der Waals surface area contributed by atoms with Crippen molar-refractivity contribution in [1.82, 2.24) is 14.3 Å². The highest BCUT2D eigenvalue weighted by Gasteiger charge is 2.35. The van der Waals surface area contributed by atoms with Crippen LogP contribution in [-0.4, -0.2) is 36.9 Å². The maximum Gasteiger partial charge on any atom is 0.337 e. The van der Waals surface area contributed by atoms with E-state index in [4.69, 9.17) is 5.21 Å². The van der Waals surface area contributed by atoms with Crippen LogP contribution in [0.15, 0.2) is 40.1 Å². The molecule has 0 atom stereocenters. The Bertz CT molecular complexity index is 1040. The van der Waals surface area contributed by atoms with E-state index in [1.54, 1.807) is 18.2 Å². The SMILES string of the molecule is CN1c2c(c(=O)n(C3CC3)c(=O)n2-c2cccc(NO)c2)C(O)=CN1O. The third-order valence-corrected chi connectivity index (χ3v) is 4.52. The minimum Gasteiger partial charge on any atom is -0.505 e. The fourth-order valence-corrected chi connectivity index (χ4v) is 3.10. The molecule has 0 amide bonds. The van der Waals surface area contributed by atoms with Crippen LogP contribution in [0.25, 0.3) is 11.4 Å². The molecule has 1 aliphatic carbocycles. The van der Waals surface area contributed by atoms with Crippen molar-refractivity contribution in [2.75, 3.05) is 17.5 Å². The predicted molar refractivity (Wildman–Crippen MR) is 92.6 cm³/mol. The quantitative estimate of drug-likeness (QED) is 0.600. The van der Waals surface area contributed by atoms with Crippen molar-refractivity contribution in [3.63, 3.8) is 0 Å². The van der Waals surface area contributed by atoms with Crippen molar-refractivity contribution in [2.24, 2.45) is 0 Å². The molecule has 0 spiro atoms. The normalized spacial score (nSPS) is 16.3. The number of rotatable bonds is 3. The summed E-state index contributed by atoms with van der Waals surface area (Å²) in [6, 6.07) is 6.13. The zero-order valence-corrected chi connectivity index (χ0v) is 13.8. The first kappa shape index (κ1) is 16.2. The lowest BCUT2D eigenvalue weighted by molar-refractivity contribution is -0.0509. The number of hydrazine groups is 1. The molecule has 1 saturated carbocycles. The average molecular weight is 359 g/mol. The van der Waals surface area contributed by atoms with E-state index in [2.05, 4.69) is 0 Å². The highest BCUT2D eigenvalue weighted by Crippen LogP contribution is 2.35. The van der Waals surface area contributed by atoms with E-state index in [0.29, 0.717) is 29.4 Å². The van der Waals surface area contributed by atoms with E-state index in [1.165, 1.54) is 22.7 Å². The molecule has 1 aromatic carbocycles. The Morgan fingerprint density at radius 2 is 1.96 bits per heavy atom. The minimum absolute atomic E-state index is 0.0227. The molecule has 0 bridgehead atoms. The molecule has 1 aromatic heterocycles. The summed E-state index contributed by atoms with van der Waals surface area (Å²) in [7, 11) is 1.45. The maximum absolute atomic E-state index is 13.1. The van der Waals surface area contributed by atoms with Gasteiger partial charge in [0.05, 0.1) is 17.6 Å². The largest absolute Gasteiger partial charge is 0.505 e. The molecule has 26 heavy (non-hydrogen) atoms. The molecule has 1 aliphatic heterocycles. The molecule has 2 aromatic rings. The second kappa shape index (κ2) is 5.64. The average Bonchev–Trinajstić information content (AvgIpc) is 3.44. The van der Waals surface area contributed by atoms with E-state index in [1.807, 2.05) is 5.48 Å². The number of nitrogens with zero attached hydrogens (tertiary/aromatic N) is 4. The van der Waals surface area contributed by atoms with Crippen molar-refractivity contribution in [1.29, 1.82) is 0 Å². The smallest absolute Gasteiger partial charge is 0.337 e. The first-order valence-corrected chi connectivity index (χ1v) is 7.99. The molecule has 2 heterocycles. The van der Waals surface area contributed by atoms with Crippen molar-refractivity contribution in [3.05, 3.63) is 56.9 Å². The van der Waals surface area contributed by atoms with Crippen molar-refractivity contribution >= 4 is 17.3 Å². The zero-order valence-electron chi connectivity index (χ0n) is 13.8. The van der Waals surface area contributed by atoms with Gasteiger partial charge in [-0.15, -0.1) is 0 Å². The molecule has 0 radical (unpaired) electrons. The molecule has 0 unspecified atom stereocenters. The number of benzene rings is 1. The van der Waals surface area contributed by atoms with Gasteiger partial charge in [-0.3, -0.25) is 25.3 Å². The number of hydroxylamine groups is 1. The molecule has 10 heteroatoms. The summed E-state index contributed by atoms with van der Waals surface area (Å²) >= 11 is 0. The number of nitrogens with one attached hydrogen (secondary N) is 1. The summed E-state index contributed by atoms with van der Waals surface area (Å²) in [4.78, 5) is 26.0. The van der Waals surface area contributed by atoms with E-state index in [0.717, 1.165) is 10.8 Å². The minimum atomic E-state index is -0.603. The van der Waals surface area contributed by atoms with E-state index >= 15 is 0 Å². The van der Waals surface area contributed by atoms with Crippen molar-refractivity contribution < 1.29 is 15.5 Å². The number of aliphatic hydroxyl groups is 1. The fourth-order valence-electron chi connectivity index (χ4n) is 3.10. The first-order valence-electron chi connectivity index (χ1n) is 7.99. The number of aromatic nitrogens is 2. The number of hydrogen-bond donors (Lipinski definition) is 4. The second-order valence-corrected chi connectivity index (χ2v) is 6.24. The van der Waals surface area contributed by atoms with Crippen LogP contribution in [0.4, 0.5) is 11.5 Å². The Kier molecular flexibility index (Phi) is 3.53. The topological polar surface area (TPSA) is 123 Å². The van der Waals surface area contributed by atoms with Gasteiger partial charge in [-0.05, 0) is 31.0 Å². The highest BCUT2D eigenvalue weighted by atomic mass is 16.5. The third kappa shape index (κ3) is 2.27. The number of fused-ring (bicyclic) bond motifs is 1. The van der Waals surface area contributed by atoms with Crippen LogP contribution in [0.3, 0.4) is 0 Å². The Balaban J connectivity index is 2.12. The Hall–Kier alpha value is -3.24. The lowest BCUT2D eigenvalue weighted by atomic mass is 10.2. The summed E-state index contributed by atoms with van der Waals surface area (Å²) in [5.74, 6) is -0.417. The van der Waals surface area contributed by atoms with Crippen LogP contribution in [0.1, 0.15) is 24.4 Å². The molecule has 1 fully saturated rings. The molecular weight excluding hydrogens is 342 g/mol. The maximum atomic E-state index is 13.1. The van der Waals surface area contributed by atoms with Gasteiger partial charge in [0.2, 0.25) is 0 Å². The summed E-state index contributed by atoms with van der Waals surface area (Å²) in [6.07, 6.45) is 2.40. The molecule has 2 aliphatic rings. The molecule has 0 saturated heterocycles. The summed E-state index contributed by atoms with van der Waals surface area (Å²) < 4.78 is 2.35. The molecule has 136 valence electrons. The van der Waals surface area contributed by atoms with Gasteiger partial charge in [-0.25, -0.2) is 14.4 Å². The number of hydrogen-bond acceptors (Lipinski definition) is 8. The van der Waals surface area contributed by atoms with Crippen LogP contribution >= 0.6 is 0 Å². The Morgan fingerprint density at radius 3 is 2.62 bits per heavy atom. The van der Waals surface area contributed by atoms with E-state index in [-0.39, 0.29) is 17.4 Å². The fraction of sp³-hybridized carbons (Fsp3) is 0.250. The highest BCUT2D eigenvalue weighted by molar-refractivity contribution is 5.73. The van der Waals surface area contributed by atoms with E-state index < -0.39 is 17.0 Å². The van der Waals surface area contributed by atoms with Crippen molar-refractivity contribution in [2.45, 2.75) is 18.9 Å². The van der Waals surface area contributed by atoms with Crippen molar-refractivity contribution in [3.8, 4) is 5.69 Å². The van der Waals surface area contributed by atoms with Gasteiger partial charge in [-0.1, -0.05) is 6.07 Å². The third-order valence-electron chi connectivity index (χ3n) is 4.52. The lowest BCUT2D eigenvalue weighted by Gasteiger charge is -2.33. The van der Waals surface area contributed by atoms with Gasteiger partial charge in [0.15, 0.2) is 11.6 Å². The number of anilines is 2. The summed E-state index contributed by atoms with van der Waals surface area (Å²) in [6.45, 7) is 0. The monoisotopic (exact) mass is 359 g/mol.